The minimum Gasteiger partial charge on any atom is -0.462 e. The molecule has 0 radical (unpaired) electrons. The van der Waals surface area contributed by atoms with E-state index in [1.54, 1.807) is 18.3 Å². The highest BCUT2D eigenvalue weighted by molar-refractivity contribution is 7.99. The molecule has 7 nitrogen and oxygen atoms in total. The lowest BCUT2D eigenvalue weighted by molar-refractivity contribution is -0.113. The third-order valence-corrected chi connectivity index (χ3v) is 8.67. The van der Waals surface area contributed by atoms with E-state index in [2.05, 4.69) is 45.4 Å². The largest absolute Gasteiger partial charge is 0.462 e. The van der Waals surface area contributed by atoms with Crippen LogP contribution in [0.1, 0.15) is 65.2 Å². The Kier molecular flexibility index (Phi) is 8.44. The van der Waals surface area contributed by atoms with Crippen molar-refractivity contribution in [3.8, 4) is 11.4 Å². The predicted octanol–water partition coefficient (Wildman–Crippen LogP) is 5.96. The van der Waals surface area contributed by atoms with E-state index in [1.807, 2.05) is 0 Å². The maximum Gasteiger partial charge on any atom is 0.341 e. The van der Waals surface area contributed by atoms with Gasteiger partial charge in [0.2, 0.25) is 5.91 Å². The van der Waals surface area contributed by atoms with Crippen LogP contribution < -0.4 is 5.32 Å². The second-order valence-corrected chi connectivity index (χ2v) is 11.4. The summed E-state index contributed by atoms with van der Waals surface area (Å²) in [6.45, 7) is 7.08. The molecule has 1 aliphatic carbocycles. The van der Waals surface area contributed by atoms with Crippen molar-refractivity contribution in [2.45, 2.75) is 71.0 Å². The number of carbonyl (C=O) groups is 2. The monoisotopic (exact) mass is 518 g/mol. The molecule has 182 valence electrons. The first-order chi connectivity index (χ1) is 16.5. The molecule has 3 aromatic rings. The number of fused-ring (bicyclic) bond motifs is 1. The fourth-order valence-electron chi connectivity index (χ4n) is 4.14. The first kappa shape index (κ1) is 24.9. The highest BCUT2D eigenvalue weighted by Crippen LogP contribution is 2.38. The zero-order chi connectivity index (χ0) is 24.1. The predicted molar refractivity (Wildman–Crippen MR) is 139 cm³/mol. The first-order valence-electron chi connectivity index (χ1n) is 11.7. The summed E-state index contributed by atoms with van der Waals surface area (Å²) in [4.78, 5) is 28.1. The summed E-state index contributed by atoms with van der Waals surface area (Å²) in [7, 11) is 0. The molecule has 0 aliphatic heterocycles. The van der Waals surface area contributed by atoms with Crippen molar-refractivity contribution >= 4 is 51.3 Å². The van der Waals surface area contributed by atoms with Gasteiger partial charge in [-0.1, -0.05) is 25.1 Å². The minimum absolute atomic E-state index is 0.161. The maximum atomic E-state index is 12.9. The van der Waals surface area contributed by atoms with Gasteiger partial charge in [0.05, 0.1) is 17.9 Å². The highest BCUT2D eigenvalue weighted by atomic mass is 32.2. The van der Waals surface area contributed by atoms with Crippen molar-refractivity contribution in [3.63, 3.8) is 0 Å². The zero-order valence-electron chi connectivity index (χ0n) is 19.8. The number of hydrogen-bond donors (Lipinski definition) is 1. The second-order valence-electron chi connectivity index (χ2n) is 8.23. The van der Waals surface area contributed by atoms with Gasteiger partial charge < -0.3 is 14.6 Å². The van der Waals surface area contributed by atoms with Crippen molar-refractivity contribution in [3.05, 3.63) is 32.3 Å². The van der Waals surface area contributed by atoms with Crippen LogP contribution in [0.25, 0.3) is 11.4 Å². The van der Waals surface area contributed by atoms with Crippen LogP contribution in [0.5, 0.6) is 0 Å². The Morgan fingerprint density at radius 2 is 2.03 bits per heavy atom. The Hall–Kier alpha value is -2.17. The van der Waals surface area contributed by atoms with Gasteiger partial charge in [-0.05, 0) is 57.6 Å². The molecule has 1 aliphatic rings. The summed E-state index contributed by atoms with van der Waals surface area (Å²) < 4.78 is 7.40. The Morgan fingerprint density at radius 1 is 1.21 bits per heavy atom. The molecule has 0 saturated heterocycles. The van der Waals surface area contributed by atoms with E-state index in [0.717, 1.165) is 67.2 Å². The number of aryl methyl sites for hydroxylation is 2. The number of amides is 1. The molecule has 0 unspecified atom stereocenters. The topological polar surface area (TPSA) is 86.1 Å². The molecule has 1 amide bonds. The second kappa shape index (κ2) is 11.5. The Labute approximate surface area is 212 Å². The van der Waals surface area contributed by atoms with Gasteiger partial charge in [-0.15, -0.1) is 32.9 Å². The molecule has 1 N–H and O–H groups in total. The molecule has 34 heavy (non-hydrogen) atoms. The van der Waals surface area contributed by atoms with Crippen LogP contribution in [-0.2, 0) is 28.9 Å². The number of thioether (sulfide) groups is 1. The standard InChI is InChI=1S/C24H30N4O3S3/c1-4-11-28-21(16-12-15(3)32-13-16)26-27-24(28)33-14-19(29)25-22-20(23(30)31-5-2)17-9-7-6-8-10-18(17)34-22/h12-13H,4-11,14H2,1-3H3,(H,25,29). The number of thiophene rings is 2. The van der Waals surface area contributed by atoms with Crippen molar-refractivity contribution < 1.29 is 14.3 Å². The fraction of sp³-hybridized carbons (Fsp3) is 0.500. The Bertz CT molecular complexity index is 1160. The number of rotatable bonds is 9. The van der Waals surface area contributed by atoms with Crippen molar-refractivity contribution in [1.82, 2.24) is 14.8 Å². The molecule has 3 aromatic heterocycles. The smallest absolute Gasteiger partial charge is 0.341 e. The number of carbonyl (C=O) groups excluding carboxylic acids is 2. The molecule has 0 bridgehead atoms. The van der Waals surface area contributed by atoms with Crippen molar-refractivity contribution in [1.29, 1.82) is 0 Å². The van der Waals surface area contributed by atoms with Gasteiger partial charge in [-0.25, -0.2) is 4.79 Å². The van der Waals surface area contributed by atoms with E-state index < -0.39 is 0 Å². The average molecular weight is 519 g/mol. The lowest BCUT2D eigenvalue weighted by Gasteiger charge is -2.09. The average Bonchev–Trinajstić information content (AvgIpc) is 3.45. The normalized spacial score (nSPS) is 13.4. The number of ether oxygens (including phenoxy) is 1. The lowest BCUT2D eigenvalue weighted by atomic mass is 10.1. The lowest BCUT2D eigenvalue weighted by Crippen LogP contribution is -2.17. The van der Waals surface area contributed by atoms with Crippen LogP contribution in [0, 0.1) is 6.92 Å². The molecular formula is C24H30N4O3S3. The van der Waals surface area contributed by atoms with Crippen LogP contribution in [0.2, 0.25) is 0 Å². The van der Waals surface area contributed by atoms with E-state index >= 15 is 0 Å². The van der Waals surface area contributed by atoms with Gasteiger partial charge in [-0.2, -0.15) is 0 Å². The molecule has 0 aromatic carbocycles. The SMILES string of the molecule is CCCn1c(SCC(=O)Nc2sc3c(c2C(=O)OCC)CCCCC3)nnc1-c1csc(C)c1. The number of nitrogens with zero attached hydrogens (tertiary/aromatic N) is 3. The van der Waals surface area contributed by atoms with Gasteiger partial charge >= 0.3 is 5.97 Å². The van der Waals surface area contributed by atoms with Gasteiger partial charge in [0.1, 0.15) is 5.00 Å². The van der Waals surface area contributed by atoms with Gasteiger partial charge in [0.15, 0.2) is 11.0 Å². The quantitative estimate of drug-likeness (QED) is 0.214. The molecule has 0 fully saturated rings. The van der Waals surface area contributed by atoms with Crippen LogP contribution in [-0.4, -0.2) is 39.0 Å². The van der Waals surface area contributed by atoms with Gasteiger partial charge in [0.25, 0.3) is 0 Å². The molecule has 0 saturated carbocycles. The Balaban J connectivity index is 1.50. The third kappa shape index (κ3) is 5.55. The Morgan fingerprint density at radius 3 is 2.76 bits per heavy atom. The van der Waals surface area contributed by atoms with E-state index in [4.69, 9.17) is 4.74 Å². The molecule has 3 heterocycles. The van der Waals surface area contributed by atoms with Crippen LogP contribution in [0.15, 0.2) is 16.6 Å². The summed E-state index contributed by atoms with van der Waals surface area (Å²) in [6, 6.07) is 2.11. The molecule has 4 rings (SSSR count). The van der Waals surface area contributed by atoms with E-state index in [1.165, 1.54) is 32.9 Å². The minimum atomic E-state index is -0.344. The summed E-state index contributed by atoms with van der Waals surface area (Å²) in [6.07, 6.45) is 6.07. The molecule has 10 heteroatoms. The van der Waals surface area contributed by atoms with E-state index in [0.29, 0.717) is 17.2 Å². The maximum absolute atomic E-state index is 12.9. The third-order valence-electron chi connectivity index (χ3n) is 5.64. The molecule has 0 atom stereocenters. The summed E-state index contributed by atoms with van der Waals surface area (Å²) in [5, 5.41) is 15.2. The van der Waals surface area contributed by atoms with Gasteiger partial charge in [-0.3, -0.25) is 4.79 Å². The highest BCUT2D eigenvalue weighted by Gasteiger charge is 2.27. The van der Waals surface area contributed by atoms with Gasteiger partial charge in [0, 0.05) is 27.2 Å². The van der Waals surface area contributed by atoms with E-state index in [9.17, 15) is 9.59 Å². The van der Waals surface area contributed by atoms with Crippen molar-refractivity contribution in [2.75, 3.05) is 17.7 Å². The van der Waals surface area contributed by atoms with Crippen LogP contribution >= 0.6 is 34.4 Å². The summed E-state index contributed by atoms with van der Waals surface area (Å²) in [5.41, 5.74) is 2.66. The number of aromatic nitrogens is 3. The number of nitrogens with one attached hydrogen (secondary N) is 1. The zero-order valence-corrected chi connectivity index (χ0v) is 22.3. The van der Waals surface area contributed by atoms with Crippen LogP contribution in [0.4, 0.5) is 5.00 Å². The molecule has 0 spiro atoms. The van der Waals surface area contributed by atoms with Crippen molar-refractivity contribution in [2.24, 2.45) is 0 Å². The van der Waals surface area contributed by atoms with Crippen LogP contribution in [0.3, 0.4) is 0 Å². The number of anilines is 1. The number of hydrogen-bond acceptors (Lipinski definition) is 8. The first-order valence-corrected chi connectivity index (χ1v) is 14.4. The fourth-order valence-corrected chi connectivity index (χ4v) is 6.88. The summed E-state index contributed by atoms with van der Waals surface area (Å²) >= 11 is 4.57. The summed E-state index contributed by atoms with van der Waals surface area (Å²) in [5.74, 6) is 0.518. The number of esters is 1. The van der Waals surface area contributed by atoms with E-state index in [-0.39, 0.29) is 17.6 Å². The molecular weight excluding hydrogens is 488 g/mol.